The zero-order valence-electron chi connectivity index (χ0n) is 37.4. The molecule has 15 nitrogen and oxygen atoms in total. The van der Waals surface area contributed by atoms with Crippen molar-refractivity contribution in [3.63, 3.8) is 0 Å². The summed E-state index contributed by atoms with van der Waals surface area (Å²) in [5, 5.41) is 20.8. The molecule has 0 aromatic heterocycles. The molecule has 0 saturated heterocycles. The zero-order chi connectivity index (χ0) is 45.6. The second kappa shape index (κ2) is 22.8. The Labute approximate surface area is 361 Å². The van der Waals surface area contributed by atoms with E-state index in [2.05, 4.69) is 69.4 Å². The maximum atomic E-state index is 14.3. The topological polar surface area (TPSA) is 194 Å². The van der Waals surface area contributed by atoms with Crippen LogP contribution in [0.15, 0.2) is 73.0 Å². The second-order valence-electron chi connectivity index (χ2n) is 16.3. The Hall–Kier alpha value is -5.61. The van der Waals surface area contributed by atoms with E-state index in [1.807, 2.05) is 19.1 Å². The van der Waals surface area contributed by atoms with Gasteiger partial charge in [-0.3, -0.25) is 19.7 Å². The van der Waals surface area contributed by atoms with E-state index >= 15 is 0 Å². The number of hydrogen-bond donors (Lipinski definition) is 5. The van der Waals surface area contributed by atoms with E-state index in [0.717, 1.165) is 5.57 Å². The Kier molecular flexibility index (Phi) is 18.6. The lowest BCUT2D eigenvalue weighted by molar-refractivity contribution is -0.128. The largest absolute Gasteiger partial charge is 0.540 e. The van der Waals surface area contributed by atoms with Crippen molar-refractivity contribution in [3.8, 4) is 11.5 Å². The van der Waals surface area contributed by atoms with Crippen LogP contribution in [-0.4, -0.2) is 86.7 Å². The van der Waals surface area contributed by atoms with E-state index in [1.165, 1.54) is 25.0 Å². The normalized spacial score (nSPS) is 15.0. The molecule has 5 N–H and O–H groups in total. The molecule has 2 aromatic rings. The Bertz CT molecular complexity index is 1910. The summed E-state index contributed by atoms with van der Waals surface area (Å²) in [6, 6.07) is 7.37. The fourth-order valence-electron chi connectivity index (χ4n) is 7.61. The number of amides is 5. The number of aliphatic hydroxyl groups is 1. The van der Waals surface area contributed by atoms with Gasteiger partial charge in [0.15, 0.2) is 5.75 Å². The molecule has 0 unspecified atom stereocenters. The summed E-state index contributed by atoms with van der Waals surface area (Å²) in [4.78, 5) is 67.1. The Morgan fingerprint density at radius 1 is 0.869 bits per heavy atom. The number of methoxy groups -OCH3 is 1. The number of benzene rings is 2. The van der Waals surface area contributed by atoms with Crippen LogP contribution in [0.2, 0.25) is 16.6 Å². The maximum absolute atomic E-state index is 14.3. The van der Waals surface area contributed by atoms with Gasteiger partial charge in [-0.05, 0) is 72.1 Å². The molecule has 0 fully saturated rings. The van der Waals surface area contributed by atoms with Gasteiger partial charge >= 0.3 is 12.2 Å². The van der Waals surface area contributed by atoms with Crippen LogP contribution < -0.4 is 30.4 Å². The third kappa shape index (κ3) is 12.9. The monoisotopic (exact) mass is 863 g/mol. The van der Waals surface area contributed by atoms with Crippen LogP contribution in [0, 0.1) is 5.92 Å². The van der Waals surface area contributed by atoms with Gasteiger partial charge in [0, 0.05) is 18.0 Å². The molecule has 1 aliphatic heterocycles. The second-order valence-corrected chi connectivity index (χ2v) is 21.7. The van der Waals surface area contributed by atoms with Crippen LogP contribution in [0.1, 0.15) is 91.6 Å². The summed E-state index contributed by atoms with van der Waals surface area (Å²) in [6.07, 6.45) is 5.71. The molecule has 0 aliphatic carbocycles. The molecule has 334 valence electrons. The standard InChI is InChI=1S/C45H65N5O10Si/c1-13-15-33-21-35(25-51)50(24-33)43(54)36-22-38(57-12)39(60-61(28(5)6,29(7)8)30(9)10)23-37(36)48-44(55)59-26-32-16-18-34(19-17-32)47-41(52)31(11)46-42(53)40(27(3)4)49-45(56)58-20-14-2/h13-19,22-24,27-31,35,40,51H,2,20-21,25-26H2,1,3-12H3,(H,46,53)(H,47,52)(H,48,55)(H,49,56)/b15-13+/t31-,35-,40-/m0/s1. The number of rotatable bonds is 20. The molecular formula is C45H65N5O10Si. The molecule has 0 radical (unpaired) electrons. The van der Waals surface area contributed by atoms with Crippen LogP contribution in [0.3, 0.4) is 0 Å². The van der Waals surface area contributed by atoms with Crippen LogP contribution in [-0.2, 0) is 25.7 Å². The van der Waals surface area contributed by atoms with Crippen molar-refractivity contribution in [2.24, 2.45) is 5.92 Å². The highest BCUT2D eigenvalue weighted by molar-refractivity contribution is 6.78. The molecule has 0 spiro atoms. The molecule has 3 rings (SSSR count). The first-order valence-corrected chi connectivity index (χ1v) is 22.8. The highest BCUT2D eigenvalue weighted by atomic mass is 28.4. The van der Waals surface area contributed by atoms with Gasteiger partial charge in [0.25, 0.3) is 14.2 Å². The third-order valence-electron chi connectivity index (χ3n) is 10.7. The summed E-state index contributed by atoms with van der Waals surface area (Å²) in [5.74, 6) is -1.05. The number of alkyl carbamates (subject to hydrolysis) is 1. The molecule has 61 heavy (non-hydrogen) atoms. The van der Waals surface area contributed by atoms with E-state index < -0.39 is 56.4 Å². The summed E-state index contributed by atoms with van der Waals surface area (Å²) < 4.78 is 23.3. The van der Waals surface area contributed by atoms with Crippen molar-refractivity contribution < 1.29 is 47.7 Å². The van der Waals surface area contributed by atoms with Gasteiger partial charge in [0.2, 0.25) is 11.8 Å². The van der Waals surface area contributed by atoms with E-state index in [4.69, 9.17) is 18.6 Å². The first kappa shape index (κ1) is 49.7. The first-order chi connectivity index (χ1) is 28.8. The fourth-order valence-corrected chi connectivity index (χ4v) is 12.9. The van der Waals surface area contributed by atoms with Crippen LogP contribution in [0.4, 0.5) is 21.0 Å². The van der Waals surface area contributed by atoms with Gasteiger partial charge in [-0.15, -0.1) is 0 Å². The first-order valence-electron chi connectivity index (χ1n) is 20.7. The highest BCUT2D eigenvalue weighted by Crippen LogP contribution is 2.46. The Morgan fingerprint density at radius 3 is 2.05 bits per heavy atom. The predicted molar refractivity (Wildman–Crippen MR) is 239 cm³/mol. The van der Waals surface area contributed by atoms with E-state index in [9.17, 15) is 29.1 Å². The summed E-state index contributed by atoms with van der Waals surface area (Å²) in [5.41, 5.74) is 2.84. The smallest absolute Gasteiger partial charge is 0.411 e. The number of nitrogens with one attached hydrogen (secondary N) is 4. The molecule has 1 aliphatic rings. The molecule has 3 atom stereocenters. The van der Waals surface area contributed by atoms with Crippen molar-refractivity contribution in [1.29, 1.82) is 0 Å². The minimum Gasteiger partial charge on any atom is -0.540 e. The average molecular weight is 864 g/mol. The molecule has 0 saturated carbocycles. The average Bonchev–Trinajstić information content (AvgIpc) is 3.63. The summed E-state index contributed by atoms with van der Waals surface area (Å²) in [6.45, 7) is 22.9. The van der Waals surface area contributed by atoms with Crippen LogP contribution in [0.25, 0.3) is 0 Å². The molecular weight excluding hydrogens is 799 g/mol. The van der Waals surface area contributed by atoms with Gasteiger partial charge in [-0.25, -0.2) is 9.59 Å². The number of carbonyl (C=O) groups excluding carboxylic acids is 5. The number of carbonyl (C=O) groups is 5. The minimum absolute atomic E-state index is 0.0153. The van der Waals surface area contributed by atoms with E-state index in [1.54, 1.807) is 56.4 Å². The molecule has 1 heterocycles. The van der Waals surface area contributed by atoms with Crippen molar-refractivity contribution in [2.45, 2.75) is 117 Å². The van der Waals surface area contributed by atoms with E-state index in [-0.39, 0.29) is 53.6 Å². The quantitative estimate of drug-likeness (QED) is 0.0643. The van der Waals surface area contributed by atoms with Crippen LogP contribution >= 0.6 is 0 Å². The predicted octanol–water partition coefficient (Wildman–Crippen LogP) is 8.05. The number of anilines is 2. The summed E-state index contributed by atoms with van der Waals surface area (Å²) in [7, 11) is -1.02. The van der Waals surface area contributed by atoms with Gasteiger partial charge in [-0.2, -0.15) is 0 Å². The Morgan fingerprint density at radius 2 is 1.51 bits per heavy atom. The highest BCUT2D eigenvalue weighted by Gasteiger charge is 2.47. The minimum atomic E-state index is -2.53. The number of aliphatic hydroxyl groups excluding tert-OH is 1. The zero-order valence-corrected chi connectivity index (χ0v) is 38.4. The lowest BCUT2D eigenvalue weighted by atomic mass is 10.0. The summed E-state index contributed by atoms with van der Waals surface area (Å²) >= 11 is 0. The van der Waals surface area contributed by atoms with Crippen molar-refractivity contribution in [1.82, 2.24) is 15.5 Å². The fraction of sp³-hybridized carbons (Fsp3) is 0.489. The van der Waals surface area contributed by atoms with E-state index in [0.29, 0.717) is 29.2 Å². The van der Waals surface area contributed by atoms with Crippen LogP contribution in [0.5, 0.6) is 11.5 Å². The van der Waals surface area contributed by atoms with Crippen molar-refractivity contribution in [2.75, 3.05) is 31.0 Å². The SMILES string of the molecule is C=CCOC(=O)N[C@H](C(=O)N[C@@H](C)C(=O)Nc1ccc(COC(=O)Nc2cc(O[Si](C(C)C)(C(C)C)C(C)C)c(OC)cc2C(=O)N2C=C(/C=C/C)C[C@H]2CO)cc1)C(C)C. The Balaban J connectivity index is 1.81. The molecule has 16 heteroatoms. The van der Waals surface area contributed by atoms with Gasteiger partial charge in [-0.1, -0.05) is 92.3 Å². The third-order valence-corrected chi connectivity index (χ3v) is 16.6. The van der Waals surface area contributed by atoms with Gasteiger partial charge in [0.1, 0.15) is 31.0 Å². The molecule has 2 aromatic carbocycles. The lowest BCUT2D eigenvalue weighted by Gasteiger charge is -2.42. The van der Waals surface area contributed by atoms with Crippen molar-refractivity contribution >= 4 is 49.6 Å². The number of ether oxygens (including phenoxy) is 3. The lowest BCUT2D eigenvalue weighted by Crippen LogP contribution is -2.53. The number of allylic oxidation sites excluding steroid dienone is 2. The van der Waals surface area contributed by atoms with Gasteiger partial charge < -0.3 is 44.6 Å². The molecule has 0 bridgehead atoms. The van der Waals surface area contributed by atoms with Gasteiger partial charge in [0.05, 0.1) is 31.0 Å². The number of hydrogen-bond acceptors (Lipinski definition) is 10. The number of nitrogens with zero attached hydrogens (tertiary/aromatic N) is 1. The maximum Gasteiger partial charge on any atom is 0.411 e. The molecule has 5 amide bonds. The van der Waals surface area contributed by atoms with Crippen molar-refractivity contribution in [3.05, 3.63) is 84.1 Å².